The lowest BCUT2D eigenvalue weighted by atomic mass is 9.87. The summed E-state index contributed by atoms with van der Waals surface area (Å²) in [7, 11) is 1.07. The van der Waals surface area contributed by atoms with Crippen molar-refractivity contribution in [1.29, 1.82) is 0 Å². The molecule has 0 amide bonds. The van der Waals surface area contributed by atoms with Crippen LogP contribution in [0.25, 0.3) is 0 Å². The molecule has 0 bridgehead atoms. The second-order valence-electron chi connectivity index (χ2n) is 6.04. The Morgan fingerprint density at radius 2 is 1.06 bits per heavy atom. The van der Waals surface area contributed by atoms with Gasteiger partial charge < -0.3 is 0 Å². The van der Waals surface area contributed by atoms with Gasteiger partial charge in [-0.15, -0.1) is 8.19 Å². The number of hydrogen-bond donors (Lipinski definition) is 0. The average molecular weight is 248 g/mol. The van der Waals surface area contributed by atoms with Gasteiger partial charge in [-0.2, -0.15) is 0 Å². The molecule has 0 radical (unpaired) electrons. The Bertz CT molecular complexity index is 308. The zero-order valence-corrected chi connectivity index (χ0v) is 11.9. The molecule has 0 aromatic carbocycles. The van der Waals surface area contributed by atoms with E-state index in [0.29, 0.717) is 0 Å². The van der Waals surface area contributed by atoms with E-state index in [4.69, 9.17) is 0 Å². The predicted octanol–water partition coefficient (Wildman–Crippen LogP) is 5.81. The Balaban J connectivity index is 1.68. The van der Waals surface area contributed by atoms with E-state index in [9.17, 15) is 0 Å². The molecule has 0 unspecified atom stereocenters. The highest BCUT2D eigenvalue weighted by Crippen LogP contribution is 2.44. The molecule has 0 N–H and O–H groups in total. The molecule has 2 aliphatic carbocycles. The molecule has 1 aromatic rings. The second kappa shape index (κ2) is 5.61. The lowest BCUT2D eigenvalue weighted by molar-refractivity contribution is 0.447. The molecule has 0 saturated heterocycles. The number of rotatable bonds is 2. The van der Waals surface area contributed by atoms with E-state index in [1.54, 1.807) is 0 Å². The maximum atomic E-state index is 2.50. The maximum Gasteiger partial charge on any atom is -0.0127 e. The Labute approximate surface area is 107 Å². The van der Waals surface area contributed by atoms with E-state index in [1.807, 2.05) is 10.6 Å². The third kappa shape index (κ3) is 2.79. The van der Waals surface area contributed by atoms with Crippen LogP contribution in [0.1, 0.15) is 86.6 Å². The minimum absolute atomic E-state index is 0.958. The maximum absolute atomic E-state index is 2.50. The smallest absolute Gasteiger partial charge is 0.0127 e. The van der Waals surface area contributed by atoms with Gasteiger partial charge in [-0.25, -0.2) is 0 Å². The standard InChI is InChI=1S/C16H25P/c1-3-7-13(8-4-1)15-11-12-16(17-15)14-9-5-2-6-10-14/h11-14,17H,1-10H2. The van der Waals surface area contributed by atoms with Gasteiger partial charge in [0.05, 0.1) is 0 Å². The molecule has 94 valence electrons. The van der Waals surface area contributed by atoms with E-state index in [0.717, 1.165) is 20.0 Å². The average Bonchev–Trinajstić information content (AvgIpc) is 2.90. The van der Waals surface area contributed by atoms with Gasteiger partial charge in [0.1, 0.15) is 0 Å². The summed E-state index contributed by atoms with van der Waals surface area (Å²) in [5, 5.41) is 3.62. The molecule has 0 atom stereocenters. The minimum Gasteiger partial charge on any atom is -0.133 e. The minimum atomic E-state index is 0.958. The predicted molar refractivity (Wildman–Crippen MR) is 77.6 cm³/mol. The Kier molecular flexibility index (Phi) is 3.91. The van der Waals surface area contributed by atoms with Crippen molar-refractivity contribution in [2.75, 3.05) is 0 Å². The van der Waals surface area contributed by atoms with Gasteiger partial charge >= 0.3 is 0 Å². The summed E-state index contributed by atoms with van der Waals surface area (Å²) in [6.45, 7) is 0. The van der Waals surface area contributed by atoms with Crippen LogP contribution in [0.15, 0.2) is 12.1 Å². The van der Waals surface area contributed by atoms with Crippen molar-refractivity contribution < 1.29 is 0 Å². The first-order valence-corrected chi connectivity index (χ1v) is 8.62. The van der Waals surface area contributed by atoms with Crippen molar-refractivity contribution in [1.82, 2.24) is 0 Å². The number of hydrogen-bond acceptors (Lipinski definition) is 0. The first-order chi connectivity index (χ1) is 8.43. The van der Waals surface area contributed by atoms with Gasteiger partial charge in [-0.05, 0) is 48.1 Å². The summed E-state index contributed by atoms with van der Waals surface area (Å²) in [6, 6.07) is 5.00. The Hall–Kier alpha value is -0.220. The molecule has 0 nitrogen and oxygen atoms in total. The Morgan fingerprint density at radius 1 is 0.647 bits per heavy atom. The molecule has 2 fully saturated rings. The third-order valence-electron chi connectivity index (χ3n) is 4.82. The van der Waals surface area contributed by atoms with Crippen LogP contribution in [-0.2, 0) is 0 Å². The van der Waals surface area contributed by atoms with Crippen LogP contribution >= 0.6 is 8.19 Å². The SMILES string of the molecule is c1cc(C2CCCCC2)[pH]c1C1CCCCC1. The van der Waals surface area contributed by atoms with Crippen molar-refractivity contribution in [3.05, 3.63) is 22.7 Å². The van der Waals surface area contributed by atoms with Gasteiger partial charge in [0, 0.05) is 0 Å². The van der Waals surface area contributed by atoms with Gasteiger partial charge in [0.25, 0.3) is 0 Å². The summed E-state index contributed by atoms with van der Waals surface area (Å²) in [6.07, 6.45) is 14.8. The third-order valence-corrected chi connectivity index (χ3v) is 6.55. The van der Waals surface area contributed by atoms with Crippen molar-refractivity contribution in [2.24, 2.45) is 0 Å². The van der Waals surface area contributed by atoms with Gasteiger partial charge in [-0.3, -0.25) is 0 Å². The highest BCUT2D eigenvalue weighted by molar-refractivity contribution is 7.32. The molecule has 2 saturated carbocycles. The van der Waals surface area contributed by atoms with Crippen molar-refractivity contribution in [3.8, 4) is 0 Å². The fourth-order valence-electron chi connectivity index (χ4n) is 3.73. The lowest BCUT2D eigenvalue weighted by Gasteiger charge is -2.22. The molecule has 0 aliphatic heterocycles. The second-order valence-corrected chi connectivity index (χ2v) is 7.44. The molecule has 0 spiro atoms. The van der Waals surface area contributed by atoms with Crippen LogP contribution in [0.3, 0.4) is 0 Å². The fourth-order valence-corrected chi connectivity index (χ4v) is 5.39. The molecular formula is C16H25P. The zero-order chi connectivity index (χ0) is 11.5. The highest BCUT2D eigenvalue weighted by atomic mass is 31.0. The van der Waals surface area contributed by atoms with Crippen LogP contribution in [0.5, 0.6) is 0 Å². The van der Waals surface area contributed by atoms with Gasteiger partial charge in [0.2, 0.25) is 0 Å². The Morgan fingerprint density at radius 3 is 1.47 bits per heavy atom. The van der Waals surface area contributed by atoms with E-state index < -0.39 is 0 Å². The van der Waals surface area contributed by atoms with E-state index in [2.05, 4.69) is 12.1 Å². The zero-order valence-electron chi connectivity index (χ0n) is 10.9. The molecule has 3 rings (SSSR count). The fraction of sp³-hybridized carbons (Fsp3) is 0.750. The molecule has 2 aliphatic rings. The van der Waals surface area contributed by atoms with Crippen LogP contribution in [0.2, 0.25) is 0 Å². The lowest BCUT2D eigenvalue weighted by Crippen LogP contribution is -2.02. The topological polar surface area (TPSA) is 0 Å². The van der Waals surface area contributed by atoms with E-state index in [1.165, 1.54) is 64.2 Å². The van der Waals surface area contributed by atoms with Gasteiger partial charge in [-0.1, -0.05) is 50.7 Å². The van der Waals surface area contributed by atoms with E-state index in [-0.39, 0.29) is 0 Å². The highest BCUT2D eigenvalue weighted by Gasteiger charge is 2.20. The largest absolute Gasteiger partial charge is 0.133 e. The first-order valence-electron chi connectivity index (χ1n) is 7.62. The molecule has 1 aromatic heterocycles. The first kappa shape index (κ1) is 11.8. The normalized spacial score (nSPS) is 24.0. The quantitative estimate of drug-likeness (QED) is 0.619. The van der Waals surface area contributed by atoms with Crippen LogP contribution < -0.4 is 0 Å². The van der Waals surface area contributed by atoms with Crippen molar-refractivity contribution in [3.63, 3.8) is 0 Å². The van der Waals surface area contributed by atoms with E-state index >= 15 is 0 Å². The summed E-state index contributed by atoms with van der Waals surface area (Å²) in [5.74, 6) is 1.92. The van der Waals surface area contributed by atoms with Crippen LogP contribution in [0.4, 0.5) is 0 Å². The molecule has 17 heavy (non-hydrogen) atoms. The monoisotopic (exact) mass is 248 g/mol. The molecular weight excluding hydrogens is 223 g/mol. The summed E-state index contributed by atoms with van der Waals surface area (Å²) in [5.41, 5.74) is 0. The van der Waals surface area contributed by atoms with Crippen molar-refractivity contribution >= 4 is 8.19 Å². The summed E-state index contributed by atoms with van der Waals surface area (Å²) >= 11 is 0. The van der Waals surface area contributed by atoms with Gasteiger partial charge in [0.15, 0.2) is 0 Å². The van der Waals surface area contributed by atoms with Crippen molar-refractivity contribution in [2.45, 2.75) is 76.0 Å². The van der Waals surface area contributed by atoms with Crippen LogP contribution in [0, 0.1) is 0 Å². The summed E-state index contributed by atoms with van der Waals surface area (Å²) in [4.78, 5) is 0. The summed E-state index contributed by atoms with van der Waals surface area (Å²) < 4.78 is 0. The molecule has 1 heterocycles. The molecule has 1 heteroatoms. The van der Waals surface area contributed by atoms with Crippen LogP contribution in [-0.4, -0.2) is 0 Å².